The first-order valence-corrected chi connectivity index (χ1v) is 3.12. The largest absolute Gasteiger partial charge is 0.293 e. The second-order valence-electron chi connectivity index (χ2n) is 1.64. The molecule has 0 amide bonds. The van der Waals surface area contributed by atoms with E-state index in [4.69, 9.17) is 0 Å². The lowest BCUT2D eigenvalue weighted by Gasteiger charge is -1.79. The van der Waals surface area contributed by atoms with Crippen LogP contribution >= 0.6 is 0 Å². The van der Waals surface area contributed by atoms with Crippen molar-refractivity contribution in [2.75, 3.05) is 6.54 Å². The minimum atomic E-state index is 0.734. The highest BCUT2D eigenvalue weighted by molar-refractivity contribution is 5.59. The molecule has 0 aliphatic carbocycles. The van der Waals surface area contributed by atoms with Crippen molar-refractivity contribution in [3.05, 3.63) is 24.8 Å². The summed E-state index contributed by atoms with van der Waals surface area (Å²) < 4.78 is 0. The highest BCUT2D eigenvalue weighted by atomic mass is 14.7. The molecular formula is C8H13N. The molecule has 0 saturated heterocycles. The van der Waals surface area contributed by atoms with E-state index in [0.717, 1.165) is 13.0 Å². The number of hydrogen-bond donors (Lipinski definition) is 0. The first-order valence-electron chi connectivity index (χ1n) is 3.12. The van der Waals surface area contributed by atoms with Crippen molar-refractivity contribution in [3.63, 3.8) is 0 Å². The lowest BCUT2D eigenvalue weighted by molar-refractivity contribution is 1.24. The molecule has 0 saturated carbocycles. The van der Waals surface area contributed by atoms with Gasteiger partial charge in [-0.15, -0.1) is 6.58 Å². The molecule has 0 unspecified atom stereocenters. The summed E-state index contributed by atoms with van der Waals surface area (Å²) in [5.41, 5.74) is 0. The minimum Gasteiger partial charge on any atom is -0.293 e. The van der Waals surface area contributed by atoms with Crippen molar-refractivity contribution < 1.29 is 0 Å². The lowest BCUT2D eigenvalue weighted by Crippen LogP contribution is -1.73. The van der Waals surface area contributed by atoms with Crippen molar-refractivity contribution in [1.82, 2.24) is 0 Å². The van der Waals surface area contributed by atoms with Crippen LogP contribution in [0.5, 0.6) is 0 Å². The molecule has 0 N–H and O–H groups in total. The van der Waals surface area contributed by atoms with Crippen LogP contribution in [0.2, 0.25) is 0 Å². The van der Waals surface area contributed by atoms with Crippen molar-refractivity contribution in [3.8, 4) is 0 Å². The molecule has 50 valence electrons. The maximum absolute atomic E-state index is 4.03. The van der Waals surface area contributed by atoms with Gasteiger partial charge in [0.2, 0.25) is 0 Å². The predicted octanol–water partition coefficient (Wildman–Crippen LogP) is 2.21. The fraction of sp³-hybridized carbons (Fsp3) is 0.375. The summed E-state index contributed by atoms with van der Waals surface area (Å²) in [6.45, 7) is 6.28. The molecule has 0 rings (SSSR count). The summed E-state index contributed by atoms with van der Waals surface area (Å²) >= 11 is 0. The van der Waals surface area contributed by atoms with E-state index in [9.17, 15) is 0 Å². The number of aliphatic imine (C=N–C) groups is 1. The van der Waals surface area contributed by atoms with E-state index >= 15 is 0 Å². The Balaban J connectivity index is 3.14. The molecule has 0 fully saturated rings. The molecule has 0 aliphatic rings. The van der Waals surface area contributed by atoms with Gasteiger partial charge in [-0.25, -0.2) is 0 Å². The normalized spacial score (nSPS) is 11.2. The van der Waals surface area contributed by atoms with Crippen LogP contribution in [0, 0.1) is 0 Å². The Kier molecular flexibility index (Phi) is 6.47. The SMILES string of the molecule is C=CCN=CC/C=C/C. The van der Waals surface area contributed by atoms with Crippen LogP contribution in [0.3, 0.4) is 0 Å². The first-order chi connectivity index (χ1) is 4.41. The third kappa shape index (κ3) is 7.15. The fourth-order valence-electron chi connectivity index (χ4n) is 0.421. The summed E-state index contributed by atoms with van der Waals surface area (Å²) in [5.74, 6) is 0. The summed E-state index contributed by atoms with van der Waals surface area (Å²) in [6.07, 6.45) is 8.69. The zero-order valence-corrected chi connectivity index (χ0v) is 5.88. The average Bonchev–Trinajstić information content (AvgIpc) is 1.89. The molecule has 0 aromatic heterocycles. The summed E-state index contributed by atoms with van der Waals surface area (Å²) in [7, 11) is 0. The van der Waals surface area contributed by atoms with Crippen molar-refractivity contribution >= 4 is 6.21 Å². The van der Waals surface area contributed by atoms with Crippen LogP contribution < -0.4 is 0 Å². The fourth-order valence-corrected chi connectivity index (χ4v) is 0.421. The highest BCUT2D eigenvalue weighted by Crippen LogP contribution is 1.77. The van der Waals surface area contributed by atoms with Crippen LogP contribution in [0.1, 0.15) is 13.3 Å². The third-order valence-electron chi connectivity index (χ3n) is 0.841. The van der Waals surface area contributed by atoms with Crippen LogP contribution in [0.4, 0.5) is 0 Å². The Morgan fingerprint density at radius 1 is 1.56 bits per heavy atom. The maximum Gasteiger partial charge on any atom is 0.0563 e. The van der Waals surface area contributed by atoms with Gasteiger partial charge in [-0.1, -0.05) is 18.2 Å². The number of rotatable bonds is 4. The smallest absolute Gasteiger partial charge is 0.0563 e. The maximum atomic E-state index is 4.03. The van der Waals surface area contributed by atoms with Gasteiger partial charge in [0.05, 0.1) is 6.54 Å². The first kappa shape index (κ1) is 8.15. The van der Waals surface area contributed by atoms with Gasteiger partial charge in [-0.2, -0.15) is 0 Å². The second-order valence-corrected chi connectivity index (χ2v) is 1.64. The van der Waals surface area contributed by atoms with Gasteiger partial charge in [-0.3, -0.25) is 4.99 Å². The van der Waals surface area contributed by atoms with Crippen molar-refractivity contribution in [2.24, 2.45) is 4.99 Å². The Labute approximate surface area is 56.8 Å². The van der Waals surface area contributed by atoms with E-state index in [0.29, 0.717) is 0 Å². The molecule has 1 heteroatoms. The molecule has 0 aromatic carbocycles. The van der Waals surface area contributed by atoms with Gasteiger partial charge in [0.25, 0.3) is 0 Å². The quantitative estimate of drug-likeness (QED) is 0.401. The topological polar surface area (TPSA) is 12.4 Å². The molecule has 0 aromatic rings. The highest BCUT2D eigenvalue weighted by Gasteiger charge is 1.67. The van der Waals surface area contributed by atoms with E-state index in [1.165, 1.54) is 0 Å². The van der Waals surface area contributed by atoms with Crippen molar-refractivity contribution in [1.29, 1.82) is 0 Å². The van der Waals surface area contributed by atoms with E-state index < -0.39 is 0 Å². The molecule has 0 radical (unpaired) electrons. The van der Waals surface area contributed by atoms with Crippen LogP contribution in [0.15, 0.2) is 29.8 Å². The Morgan fingerprint density at radius 3 is 2.89 bits per heavy atom. The van der Waals surface area contributed by atoms with Crippen LogP contribution in [-0.4, -0.2) is 12.8 Å². The van der Waals surface area contributed by atoms with Crippen molar-refractivity contribution in [2.45, 2.75) is 13.3 Å². The number of allylic oxidation sites excluding steroid dienone is 2. The third-order valence-corrected chi connectivity index (χ3v) is 0.841. The van der Waals surface area contributed by atoms with E-state index in [2.05, 4.69) is 17.6 Å². The summed E-state index contributed by atoms with van der Waals surface area (Å²) in [6, 6.07) is 0. The van der Waals surface area contributed by atoms with Gasteiger partial charge in [-0.05, 0) is 6.92 Å². The molecule has 0 spiro atoms. The monoisotopic (exact) mass is 123 g/mol. The van der Waals surface area contributed by atoms with Gasteiger partial charge < -0.3 is 0 Å². The molecule has 0 aliphatic heterocycles. The Bertz CT molecular complexity index is 112. The molecular weight excluding hydrogens is 110 g/mol. The van der Waals surface area contributed by atoms with E-state index in [1.54, 1.807) is 6.08 Å². The number of hydrogen-bond acceptors (Lipinski definition) is 1. The summed E-state index contributed by atoms with van der Waals surface area (Å²) in [4.78, 5) is 4.03. The van der Waals surface area contributed by atoms with E-state index in [1.807, 2.05) is 19.2 Å². The number of nitrogens with zero attached hydrogens (tertiary/aromatic N) is 1. The van der Waals surface area contributed by atoms with Gasteiger partial charge in [0, 0.05) is 12.6 Å². The van der Waals surface area contributed by atoms with E-state index in [-0.39, 0.29) is 0 Å². The molecule has 0 atom stereocenters. The predicted molar refractivity (Wildman–Crippen MR) is 43.0 cm³/mol. The molecule has 9 heavy (non-hydrogen) atoms. The average molecular weight is 123 g/mol. The van der Waals surface area contributed by atoms with Gasteiger partial charge in [0.1, 0.15) is 0 Å². The molecule has 0 heterocycles. The zero-order chi connectivity index (χ0) is 6.95. The molecule has 0 bridgehead atoms. The van der Waals surface area contributed by atoms with Gasteiger partial charge in [0.15, 0.2) is 0 Å². The lowest BCUT2D eigenvalue weighted by atomic mass is 10.4. The summed E-state index contributed by atoms with van der Waals surface area (Å²) in [5, 5.41) is 0. The zero-order valence-electron chi connectivity index (χ0n) is 5.88. The van der Waals surface area contributed by atoms with Crippen LogP contribution in [-0.2, 0) is 0 Å². The standard InChI is InChI=1S/C8H13N/c1-3-5-6-8-9-7-4-2/h3-5,8H,2,6-7H2,1H3/b5-3+,9-8?. The minimum absolute atomic E-state index is 0.734. The Hall–Kier alpha value is -0.850. The second kappa shape index (κ2) is 7.15. The Morgan fingerprint density at radius 2 is 2.33 bits per heavy atom. The van der Waals surface area contributed by atoms with Crippen LogP contribution in [0.25, 0.3) is 0 Å². The molecule has 1 nitrogen and oxygen atoms in total. The van der Waals surface area contributed by atoms with Gasteiger partial charge >= 0.3 is 0 Å².